The van der Waals surface area contributed by atoms with Crippen LogP contribution in [0.5, 0.6) is 0 Å². The highest BCUT2D eigenvalue weighted by atomic mass is 15.5. The standard InChI is InChI=1S/C19H22N10/c20-13-5-1-11(2-6-13)16-10-29-19(23-16)15(9-17(21)26-29)22-14-7-3-12(4-8-14)18-24-27-28-25-18/h3-4,7-11,13,22H,1-2,5-6,20H2,(H2,21,26)(H,24,25,27,28). The predicted molar refractivity (Wildman–Crippen MR) is 109 cm³/mol. The number of rotatable bonds is 4. The van der Waals surface area contributed by atoms with Crippen molar-refractivity contribution < 1.29 is 0 Å². The molecule has 1 aromatic carbocycles. The van der Waals surface area contributed by atoms with Gasteiger partial charge in [0.15, 0.2) is 5.65 Å². The van der Waals surface area contributed by atoms with Crippen LogP contribution in [-0.2, 0) is 0 Å². The molecular weight excluding hydrogens is 368 g/mol. The van der Waals surface area contributed by atoms with Gasteiger partial charge in [-0.15, -0.1) is 15.3 Å². The molecule has 6 N–H and O–H groups in total. The minimum Gasteiger partial charge on any atom is -0.382 e. The van der Waals surface area contributed by atoms with E-state index in [2.05, 4.69) is 31.0 Å². The second kappa shape index (κ2) is 7.13. The fourth-order valence-electron chi connectivity index (χ4n) is 3.86. The number of tetrazole rings is 1. The van der Waals surface area contributed by atoms with E-state index in [1.54, 1.807) is 10.6 Å². The molecule has 0 atom stereocenters. The maximum atomic E-state index is 6.04. The number of hydrogen-bond donors (Lipinski definition) is 4. The van der Waals surface area contributed by atoms with Crippen molar-refractivity contribution in [1.29, 1.82) is 0 Å². The molecular formula is C19H22N10. The third kappa shape index (κ3) is 3.49. The molecule has 3 heterocycles. The Kier molecular flexibility index (Phi) is 4.32. The SMILES string of the molecule is Nc1cc(Nc2ccc(-c3nn[nH]n3)cc2)c2nc(C3CCC(N)CC3)cn2n1. The Bertz CT molecular complexity index is 1110. The summed E-state index contributed by atoms with van der Waals surface area (Å²) in [5.74, 6) is 1.40. The zero-order valence-corrected chi connectivity index (χ0v) is 15.8. The average Bonchev–Trinajstić information content (AvgIpc) is 3.39. The molecule has 5 rings (SSSR count). The molecule has 1 saturated carbocycles. The first-order valence-electron chi connectivity index (χ1n) is 9.68. The van der Waals surface area contributed by atoms with Crippen LogP contribution in [-0.4, -0.2) is 41.3 Å². The van der Waals surface area contributed by atoms with Crippen LogP contribution in [0.1, 0.15) is 37.3 Å². The molecule has 0 aliphatic heterocycles. The minimum atomic E-state index is 0.310. The van der Waals surface area contributed by atoms with Crippen LogP contribution in [0, 0.1) is 0 Å². The second-order valence-corrected chi connectivity index (χ2v) is 7.47. The number of H-pyrrole nitrogens is 1. The molecule has 3 aromatic heterocycles. The Morgan fingerprint density at radius 1 is 1.10 bits per heavy atom. The van der Waals surface area contributed by atoms with Gasteiger partial charge in [-0.25, -0.2) is 9.50 Å². The van der Waals surface area contributed by atoms with Crippen LogP contribution in [0.4, 0.5) is 17.2 Å². The number of aromatic amines is 1. The highest BCUT2D eigenvalue weighted by Gasteiger charge is 2.23. The summed E-state index contributed by atoms with van der Waals surface area (Å²) in [6, 6.07) is 9.87. The lowest BCUT2D eigenvalue weighted by atomic mass is 9.85. The van der Waals surface area contributed by atoms with Gasteiger partial charge in [-0.05, 0) is 55.2 Å². The first-order chi connectivity index (χ1) is 14.2. The van der Waals surface area contributed by atoms with Crippen LogP contribution in [0.3, 0.4) is 0 Å². The lowest BCUT2D eigenvalue weighted by molar-refractivity contribution is 0.391. The molecule has 0 bridgehead atoms. The van der Waals surface area contributed by atoms with Crippen molar-refractivity contribution in [3.8, 4) is 11.4 Å². The van der Waals surface area contributed by atoms with Gasteiger partial charge in [0.2, 0.25) is 5.82 Å². The van der Waals surface area contributed by atoms with Gasteiger partial charge in [-0.2, -0.15) is 5.21 Å². The molecule has 0 unspecified atom stereocenters. The zero-order chi connectivity index (χ0) is 19.8. The van der Waals surface area contributed by atoms with Crippen LogP contribution >= 0.6 is 0 Å². The smallest absolute Gasteiger partial charge is 0.204 e. The Hall–Kier alpha value is -3.53. The van der Waals surface area contributed by atoms with E-state index in [1.165, 1.54) is 0 Å². The number of benzene rings is 1. The second-order valence-electron chi connectivity index (χ2n) is 7.47. The number of nitrogens with two attached hydrogens (primary N) is 2. The van der Waals surface area contributed by atoms with Gasteiger partial charge in [0, 0.05) is 29.3 Å². The van der Waals surface area contributed by atoms with E-state index in [9.17, 15) is 0 Å². The van der Waals surface area contributed by atoms with Gasteiger partial charge in [0.1, 0.15) is 5.82 Å². The Morgan fingerprint density at radius 2 is 1.90 bits per heavy atom. The first kappa shape index (κ1) is 17.6. The zero-order valence-electron chi connectivity index (χ0n) is 15.8. The molecule has 10 heteroatoms. The van der Waals surface area contributed by atoms with Gasteiger partial charge < -0.3 is 16.8 Å². The molecule has 0 radical (unpaired) electrons. The summed E-state index contributed by atoms with van der Waals surface area (Å²) < 4.78 is 1.76. The maximum Gasteiger partial charge on any atom is 0.204 e. The van der Waals surface area contributed by atoms with Crippen molar-refractivity contribution in [2.75, 3.05) is 11.1 Å². The largest absolute Gasteiger partial charge is 0.382 e. The van der Waals surface area contributed by atoms with Crippen molar-refractivity contribution >= 4 is 22.8 Å². The molecule has 148 valence electrons. The molecule has 1 fully saturated rings. The molecule has 4 aromatic rings. The predicted octanol–water partition coefficient (Wildman–Crippen LogP) is 2.22. The normalized spacial score (nSPS) is 19.5. The van der Waals surface area contributed by atoms with Crippen molar-refractivity contribution in [3.05, 3.63) is 42.2 Å². The molecule has 29 heavy (non-hydrogen) atoms. The summed E-state index contributed by atoms with van der Waals surface area (Å²) >= 11 is 0. The van der Waals surface area contributed by atoms with E-state index in [4.69, 9.17) is 16.5 Å². The lowest BCUT2D eigenvalue weighted by Crippen LogP contribution is -2.25. The Labute approximate surface area is 166 Å². The van der Waals surface area contributed by atoms with E-state index in [0.29, 0.717) is 23.6 Å². The number of aromatic nitrogens is 7. The molecule has 1 aliphatic carbocycles. The monoisotopic (exact) mass is 390 g/mol. The number of nitrogens with one attached hydrogen (secondary N) is 2. The van der Waals surface area contributed by atoms with Gasteiger partial charge >= 0.3 is 0 Å². The summed E-state index contributed by atoms with van der Waals surface area (Å²) in [7, 11) is 0. The Morgan fingerprint density at radius 3 is 2.62 bits per heavy atom. The number of hydrogen-bond acceptors (Lipinski definition) is 8. The van der Waals surface area contributed by atoms with Crippen molar-refractivity contribution in [3.63, 3.8) is 0 Å². The van der Waals surface area contributed by atoms with Crippen molar-refractivity contribution in [1.82, 2.24) is 35.2 Å². The van der Waals surface area contributed by atoms with Crippen molar-refractivity contribution in [2.24, 2.45) is 5.73 Å². The molecule has 0 amide bonds. The van der Waals surface area contributed by atoms with Crippen LogP contribution < -0.4 is 16.8 Å². The molecule has 0 saturated heterocycles. The first-order valence-corrected chi connectivity index (χ1v) is 9.68. The van der Waals surface area contributed by atoms with Crippen LogP contribution in [0.15, 0.2) is 36.5 Å². The summed E-state index contributed by atoms with van der Waals surface area (Å²) in [6.07, 6.45) is 6.16. The summed E-state index contributed by atoms with van der Waals surface area (Å²) in [5.41, 5.74) is 16.5. The molecule has 10 nitrogen and oxygen atoms in total. The fraction of sp³-hybridized carbons (Fsp3) is 0.316. The summed E-state index contributed by atoms with van der Waals surface area (Å²) in [5, 5.41) is 21.8. The quantitative estimate of drug-likeness (QED) is 0.414. The highest BCUT2D eigenvalue weighted by Crippen LogP contribution is 2.33. The molecule has 1 aliphatic rings. The van der Waals surface area contributed by atoms with E-state index < -0.39 is 0 Å². The van der Waals surface area contributed by atoms with E-state index in [0.717, 1.165) is 54.0 Å². The fourth-order valence-corrected chi connectivity index (χ4v) is 3.86. The summed E-state index contributed by atoms with van der Waals surface area (Å²) in [6.45, 7) is 0. The third-order valence-electron chi connectivity index (χ3n) is 5.42. The van der Waals surface area contributed by atoms with Crippen LogP contribution in [0.2, 0.25) is 0 Å². The minimum absolute atomic E-state index is 0.310. The third-order valence-corrected chi connectivity index (χ3v) is 5.42. The van der Waals surface area contributed by atoms with Gasteiger partial charge in [-0.1, -0.05) is 0 Å². The average molecular weight is 390 g/mol. The van der Waals surface area contributed by atoms with Gasteiger partial charge in [0.25, 0.3) is 0 Å². The van der Waals surface area contributed by atoms with Gasteiger partial charge in [-0.3, -0.25) is 0 Å². The number of anilines is 3. The lowest BCUT2D eigenvalue weighted by Gasteiger charge is -2.24. The number of nitrogens with zero attached hydrogens (tertiary/aromatic N) is 6. The van der Waals surface area contributed by atoms with E-state index in [-0.39, 0.29) is 0 Å². The number of fused-ring (bicyclic) bond motifs is 1. The highest BCUT2D eigenvalue weighted by molar-refractivity contribution is 5.76. The van der Waals surface area contributed by atoms with E-state index in [1.807, 2.05) is 30.5 Å². The summed E-state index contributed by atoms with van der Waals surface area (Å²) in [4.78, 5) is 4.87. The molecule has 0 spiro atoms. The van der Waals surface area contributed by atoms with E-state index >= 15 is 0 Å². The van der Waals surface area contributed by atoms with Crippen LogP contribution in [0.25, 0.3) is 17.0 Å². The van der Waals surface area contributed by atoms with Crippen molar-refractivity contribution in [2.45, 2.75) is 37.6 Å². The maximum absolute atomic E-state index is 6.04. The Balaban J connectivity index is 1.43. The van der Waals surface area contributed by atoms with Gasteiger partial charge in [0.05, 0.1) is 17.6 Å². The number of nitrogen functional groups attached to an aromatic ring is 1. The topological polar surface area (TPSA) is 149 Å². The number of imidazole rings is 1.